The third-order valence-corrected chi connectivity index (χ3v) is 3.58. The molecule has 0 aromatic carbocycles. The second kappa shape index (κ2) is 6.23. The Morgan fingerprint density at radius 2 is 1.94 bits per heavy atom. The van der Waals surface area contributed by atoms with E-state index in [0.29, 0.717) is 18.4 Å². The van der Waals surface area contributed by atoms with Gasteiger partial charge in [-0.25, -0.2) is 0 Å². The summed E-state index contributed by atoms with van der Waals surface area (Å²) in [5, 5.41) is 0. The van der Waals surface area contributed by atoms with Crippen LogP contribution in [0, 0.1) is 17.3 Å². The van der Waals surface area contributed by atoms with Crippen LogP contribution >= 0.6 is 0 Å². The summed E-state index contributed by atoms with van der Waals surface area (Å²) in [6, 6.07) is 0. The van der Waals surface area contributed by atoms with Crippen LogP contribution in [0.25, 0.3) is 0 Å². The number of hydrogen-bond donors (Lipinski definition) is 0. The lowest BCUT2D eigenvalue weighted by Crippen LogP contribution is -2.28. The molecule has 0 aliphatic heterocycles. The molecule has 98 valence electrons. The standard InChI is InChI=1S/C15H26O2/c1-5-12(13-9-7-6-8-10-13)11-17-14(16)15(2,3)4/h5,12-13H,1,6-11H2,2-4H3. The van der Waals surface area contributed by atoms with Crippen molar-refractivity contribution in [1.29, 1.82) is 0 Å². The Hall–Kier alpha value is -0.790. The predicted octanol–water partition coefficient (Wildman–Crippen LogP) is 3.96. The number of hydrogen-bond acceptors (Lipinski definition) is 2. The third-order valence-electron chi connectivity index (χ3n) is 3.58. The van der Waals surface area contributed by atoms with E-state index in [1.54, 1.807) is 0 Å². The van der Waals surface area contributed by atoms with Gasteiger partial charge in [0.1, 0.15) is 0 Å². The van der Waals surface area contributed by atoms with E-state index in [2.05, 4.69) is 6.58 Å². The van der Waals surface area contributed by atoms with Gasteiger partial charge in [-0.2, -0.15) is 0 Å². The molecular formula is C15H26O2. The van der Waals surface area contributed by atoms with E-state index in [4.69, 9.17) is 4.74 Å². The molecule has 0 radical (unpaired) electrons. The fraction of sp³-hybridized carbons (Fsp3) is 0.800. The number of rotatable bonds is 4. The molecular weight excluding hydrogens is 212 g/mol. The van der Waals surface area contributed by atoms with E-state index in [1.165, 1.54) is 32.1 Å². The maximum atomic E-state index is 11.7. The maximum absolute atomic E-state index is 11.7. The first-order valence-electron chi connectivity index (χ1n) is 6.75. The molecule has 0 N–H and O–H groups in total. The van der Waals surface area contributed by atoms with E-state index in [-0.39, 0.29) is 5.97 Å². The monoisotopic (exact) mass is 238 g/mol. The Balaban J connectivity index is 2.41. The average Bonchev–Trinajstić information content (AvgIpc) is 2.29. The molecule has 0 aromatic rings. The van der Waals surface area contributed by atoms with Gasteiger partial charge in [0.15, 0.2) is 0 Å². The van der Waals surface area contributed by atoms with Crippen LogP contribution in [-0.4, -0.2) is 12.6 Å². The molecule has 2 heteroatoms. The van der Waals surface area contributed by atoms with Crippen molar-refractivity contribution in [3.63, 3.8) is 0 Å². The van der Waals surface area contributed by atoms with Crippen LogP contribution < -0.4 is 0 Å². The van der Waals surface area contributed by atoms with Gasteiger partial charge in [-0.05, 0) is 39.5 Å². The highest BCUT2D eigenvalue weighted by atomic mass is 16.5. The van der Waals surface area contributed by atoms with E-state index in [1.807, 2.05) is 26.8 Å². The molecule has 0 saturated heterocycles. The highest BCUT2D eigenvalue weighted by Crippen LogP contribution is 2.31. The van der Waals surface area contributed by atoms with Crippen LogP contribution in [0.15, 0.2) is 12.7 Å². The van der Waals surface area contributed by atoms with Gasteiger partial charge in [-0.1, -0.05) is 25.3 Å². The lowest BCUT2D eigenvalue weighted by Gasteiger charge is -2.28. The fourth-order valence-electron chi connectivity index (χ4n) is 2.35. The van der Waals surface area contributed by atoms with Gasteiger partial charge in [0.2, 0.25) is 0 Å². The largest absolute Gasteiger partial charge is 0.465 e. The molecule has 0 bridgehead atoms. The summed E-state index contributed by atoms with van der Waals surface area (Å²) in [5.74, 6) is 0.885. The van der Waals surface area contributed by atoms with Crippen molar-refractivity contribution in [1.82, 2.24) is 0 Å². The van der Waals surface area contributed by atoms with Gasteiger partial charge < -0.3 is 4.74 Å². The lowest BCUT2D eigenvalue weighted by molar-refractivity contribution is -0.154. The second-order valence-electron chi connectivity index (χ2n) is 6.15. The van der Waals surface area contributed by atoms with E-state index in [9.17, 15) is 4.79 Å². The van der Waals surface area contributed by atoms with Crippen molar-refractivity contribution in [3.05, 3.63) is 12.7 Å². The maximum Gasteiger partial charge on any atom is 0.311 e. The SMILES string of the molecule is C=CC(COC(=O)C(C)(C)C)C1CCCCC1. The van der Waals surface area contributed by atoms with Crippen LogP contribution in [0.3, 0.4) is 0 Å². The summed E-state index contributed by atoms with van der Waals surface area (Å²) in [6.45, 7) is 10.1. The summed E-state index contributed by atoms with van der Waals surface area (Å²) in [4.78, 5) is 11.7. The molecule has 1 fully saturated rings. The molecule has 17 heavy (non-hydrogen) atoms. The molecule has 1 aliphatic rings. The Labute approximate surface area is 105 Å². The average molecular weight is 238 g/mol. The highest BCUT2D eigenvalue weighted by Gasteiger charge is 2.26. The zero-order valence-corrected chi connectivity index (χ0v) is 11.5. The molecule has 1 aliphatic carbocycles. The Kier molecular flexibility index (Phi) is 5.23. The number of esters is 1. The Morgan fingerprint density at radius 3 is 2.41 bits per heavy atom. The quantitative estimate of drug-likeness (QED) is 0.547. The zero-order valence-electron chi connectivity index (χ0n) is 11.5. The summed E-state index contributed by atoms with van der Waals surface area (Å²) in [7, 11) is 0. The topological polar surface area (TPSA) is 26.3 Å². The summed E-state index contributed by atoms with van der Waals surface area (Å²) >= 11 is 0. The number of carbonyl (C=O) groups excluding carboxylic acids is 1. The summed E-state index contributed by atoms with van der Waals surface area (Å²) < 4.78 is 5.40. The minimum Gasteiger partial charge on any atom is -0.465 e. The molecule has 0 amide bonds. The van der Waals surface area contributed by atoms with Gasteiger partial charge in [0, 0.05) is 5.92 Å². The first kappa shape index (κ1) is 14.3. The van der Waals surface area contributed by atoms with Crippen molar-refractivity contribution in [2.24, 2.45) is 17.3 Å². The first-order valence-corrected chi connectivity index (χ1v) is 6.75. The Morgan fingerprint density at radius 1 is 1.35 bits per heavy atom. The minimum atomic E-state index is -0.404. The van der Waals surface area contributed by atoms with E-state index >= 15 is 0 Å². The minimum absolute atomic E-state index is 0.111. The fourth-order valence-corrected chi connectivity index (χ4v) is 2.35. The molecule has 0 spiro atoms. The molecule has 0 aromatic heterocycles. The molecule has 0 heterocycles. The predicted molar refractivity (Wildman–Crippen MR) is 70.7 cm³/mol. The van der Waals surface area contributed by atoms with Gasteiger partial charge >= 0.3 is 5.97 Å². The highest BCUT2D eigenvalue weighted by molar-refractivity contribution is 5.75. The van der Waals surface area contributed by atoms with E-state index < -0.39 is 5.41 Å². The van der Waals surface area contributed by atoms with Crippen molar-refractivity contribution in [3.8, 4) is 0 Å². The molecule has 1 saturated carbocycles. The van der Waals surface area contributed by atoms with Crippen molar-refractivity contribution in [2.75, 3.05) is 6.61 Å². The van der Waals surface area contributed by atoms with Gasteiger partial charge in [0.05, 0.1) is 12.0 Å². The smallest absolute Gasteiger partial charge is 0.311 e. The van der Waals surface area contributed by atoms with Gasteiger partial charge in [0.25, 0.3) is 0 Å². The molecule has 1 unspecified atom stereocenters. The summed E-state index contributed by atoms with van der Waals surface area (Å²) in [6.07, 6.45) is 8.44. The molecule has 1 rings (SSSR count). The zero-order chi connectivity index (χ0) is 12.9. The van der Waals surface area contributed by atoms with Crippen LogP contribution in [0.4, 0.5) is 0 Å². The van der Waals surface area contributed by atoms with Crippen LogP contribution in [0.2, 0.25) is 0 Å². The third kappa shape index (κ3) is 4.53. The number of carbonyl (C=O) groups is 1. The normalized spacial score (nSPS) is 19.7. The molecule has 1 atom stereocenters. The van der Waals surface area contributed by atoms with E-state index in [0.717, 1.165) is 0 Å². The van der Waals surface area contributed by atoms with Gasteiger partial charge in [-0.3, -0.25) is 4.79 Å². The second-order valence-corrected chi connectivity index (χ2v) is 6.15. The number of ether oxygens (including phenoxy) is 1. The Bertz CT molecular complexity index is 257. The van der Waals surface area contributed by atoms with Crippen molar-refractivity contribution in [2.45, 2.75) is 52.9 Å². The van der Waals surface area contributed by atoms with Crippen LogP contribution in [0.5, 0.6) is 0 Å². The van der Waals surface area contributed by atoms with Crippen molar-refractivity contribution >= 4 is 5.97 Å². The first-order chi connectivity index (χ1) is 7.95. The summed E-state index contributed by atoms with van der Waals surface area (Å²) in [5.41, 5.74) is -0.404. The molecule has 2 nitrogen and oxygen atoms in total. The van der Waals surface area contributed by atoms with Gasteiger partial charge in [-0.15, -0.1) is 6.58 Å². The lowest BCUT2D eigenvalue weighted by atomic mass is 9.80. The van der Waals surface area contributed by atoms with Crippen LogP contribution in [-0.2, 0) is 9.53 Å². The van der Waals surface area contributed by atoms with Crippen LogP contribution in [0.1, 0.15) is 52.9 Å². The van der Waals surface area contributed by atoms with Crippen molar-refractivity contribution < 1.29 is 9.53 Å².